The van der Waals surface area contributed by atoms with Crippen LogP contribution in [0, 0.1) is 0 Å². The Balaban J connectivity index is 2.28. The molecule has 0 aromatic heterocycles. The van der Waals surface area contributed by atoms with Crippen molar-refractivity contribution in [1.29, 1.82) is 0 Å². The van der Waals surface area contributed by atoms with Gasteiger partial charge in [-0.2, -0.15) is 0 Å². The molecule has 3 nitrogen and oxygen atoms in total. The Kier molecular flexibility index (Phi) is 6.33. The second-order valence-electron chi connectivity index (χ2n) is 4.24. The van der Waals surface area contributed by atoms with Gasteiger partial charge in [0.25, 0.3) is 0 Å². The zero-order valence-corrected chi connectivity index (χ0v) is 10.6. The van der Waals surface area contributed by atoms with Crippen molar-refractivity contribution in [2.75, 3.05) is 18.5 Å². The van der Waals surface area contributed by atoms with Crippen LogP contribution in [0.3, 0.4) is 0 Å². The van der Waals surface area contributed by atoms with Gasteiger partial charge < -0.3 is 10.6 Å². The van der Waals surface area contributed by atoms with E-state index < -0.39 is 0 Å². The summed E-state index contributed by atoms with van der Waals surface area (Å²) in [5.41, 5.74) is 6.38. The van der Waals surface area contributed by atoms with Gasteiger partial charge in [0.05, 0.1) is 0 Å². The number of para-hydroxylation sites is 1. The number of carbonyl (C=O) groups excluding carboxylic acids is 1. The van der Waals surface area contributed by atoms with E-state index in [1.807, 2.05) is 37.4 Å². The molecule has 0 saturated heterocycles. The topological polar surface area (TPSA) is 46.3 Å². The average Bonchev–Trinajstić information content (AvgIpc) is 2.38. The minimum atomic E-state index is 0.184. The molecule has 0 saturated carbocycles. The van der Waals surface area contributed by atoms with Crippen molar-refractivity contribution >= 4 is 11.6 Å². The Hall–Kier alpha value is -1.35. The SMILES string of the molecule is CN(C(=O)CCCCCCN)c1ccccc1. The summed E-state index contributed by atoms with van der Waals surface area (Å²) in [4.78, 5) is 13.6. The van der Waals surface area contributed by atoms with Crippen molar-refractivity contribution in [3.8, 4) is 0 Å². The number of anilines is 1. The third-order valence-corrected chi connectivity index (χ3v) is 2.86. The number of amides is 1. The molecule has 0 unspecified atom stereocenters. The van der Waals surface area contributed by atoms with Crippen molar-refractivity contribution in [2.45, 2.75) is 32.1 Å². The van der Waals surface area contributed by atoms with Crippen LogP contribution in [-0.2, 0) is 4.79 Å². The fraction of sp³-hybridized carbons (Fsp3) is 0.500. The van der Waals surface area contributed by atoms with Crippen LogP contribution in [-0.4, -0.2) is 19.5 Å². The van der Waals surface area contributed by atoms with Gasteiger partial charge in [-0.25, -0.2) is 0 Å². The molecule has 1 amide bonds. The first-order valence-corrected chi connectivity index (χ1v) is 6.27. The van der Waals surface area contributed by atoms with Crippen molar-refractivity contribution < 1.29 is 4.79 Å². The molecule has 17 heavy (non-hydrogen) atoms. The standard InChI is InChI=1S/C14H22N2O/c1-16(13-9-5-4-6-10-13)14(17)11-7-2-3-8-12-15/h4-6,9-10H,2-3,7-8,11-12,15H2,1H3. The highest BCUT2D eigenvalue weighted by atomic mass is 16.2. The Morgan fingerprint density at radius 1 is 1.12 bits per heavy atom. The number of unbranched alkanes of at least 4 members (excludes halogenated alkanes) is 3. The van der Waals surface area contributed by atoms with Crippen LogP contribution in [0.1, 0.15) is 32.1 Å². The van der Waals surface area contributed by atoms with Gasteiger partial charge in [0.1, 0.15) is 0 Å². The van der Waals surface area contributed by atoms with Crippen molar-refractivity contribution in [1.82, 2.24) is 0 Å². The average molecular weight is 234 g/mol. The Morgan fingerprint density at radius 3 is 2.41 bits per heavy atom. The minimum Gasteiger partial charge on any atom is -0.330 e. The first-order chi connectivity index (χ1) is 8.25. The zero-order valence-electron chi connectivity index (χ0n) is 10.6. The van der Waals surface area contributed by atoms with E-state index in [0.29, 0.717) is 6.42 Å². The predicted molar refractivity (Wildman–Crippen MR) is 72.0 cm³/mol. The summed E-state index contributed by atoms with van der Waals surface area (Å²) in [5.74, 6) is 0.184. The first kappa shape index (κ1) is 13.7. The Morgan fingerprint density at radius 2 is 1.76 bits per heavy atom. The number of hydrogen-bond donors (Lipinski definition) is 1. The molecular formula is C14H22N2O. The van der Waals surface area contributed by atoms with Gasteiger partial charge in [0.15, 0.2) is 0 Å². The number of benzene rings is 1. The summed E-state index contributed by atoms with van der Waals surface area (Å²) in [5, 5.41) is 0. The van der Waals surface area contributed by atoms with Crippen molar-refractivity contribution in [3.05, 3.63) is 30.3 Å². The summed E-state index contributed by atoms with van der Waals surface area (Å²) >= 11 is 0. The Labute approximate surface area is 104 Å². The van der Waals surface area contributed by atoms with Crippen LogP contribution >= 0.6 is 0 Å². The molecule has 94 valence electrons. The number of nitrogens with two attached hydrogens (primary N) is 1. The number of carbonyl (C=O) groups is 1. The molecular weight excluding hydrogens is 212 g/mol. The van der Waals surface area contributed by atoms with E-state index in [4.69, 9.17) is 5.73 Å². The molecule has 0 fully saturated rings. The van der Waals surface area contributed by atoms with E-state index in [9.17, 15) is 4.79 Å². The molecule has 1 aromatic carbocycles. The number of hydrogen-bond acceptors (Lipinski definition) is 2. The molecule has 0 bridgehead atoms. The fourth-order valence-corrected chi connectivity index (χ4v) is 1.74. The van der Waals surface area contributed by atoms with Gasteiger partial charge in [0, 0.05) is 19.2 Å². The van der Waals surface area contributed by atoms with Gasteiger partial charge >= 0.3 is 0 Å². The summed E-state index contributed by atoms with van der Waals surface area (Å²) in [6, 6.07) is 9.74. The summed E-state index contributed by atoms with van der Waals surface area (Å²) < 4.78 is 0. The first-order valence-electron chi connectivity index (χ1n) is 6.27. The monoisotopic (exact) mass is 234 g/mol. The van der Waals surface area contributed by atoms with E-state index >= 15 is 0 Å². The molecule has 0 aliphatic carbocycles. The number of rotatable bonds is 7. The van der Waals surface area contributed by atoms with Crippen LogP contribution in [0.4, 0.5) is 5.69 Å². The lowest BCUT2D eigenvalue weighted by Crippen LogP contribution is -2.25. The maximum Gasteiger partial charge on any atom is 0.226 e. The molecule has 0 spiro atoms. The summed E-state index contributed by atoms with van der Waals surface area (Å²) in [6.45, 7) is 0.748. The van der Waals surface area contributed by atoms with Crippen LogP contribution < -0.4 is 10.6 Å². The van der Waals surface area contributed by atoms with E-state index in [1.54, 1.807) is 4.90 Å². The summed E-state index contributed by atoms with van der Waals surface area (Å²) in [7, 11) is 1.83. The normalized spacial score (nSPS) is 10.2. The maximum atomic E-state index is 11.9. The molecule has 0 heterocycles. The lowest BCUT2D eigenvalue weighted by molar-refractivity contribution is -0.118. The van der Waals surface area contributed by atoms with Gasteiger partial charge in [0.2, 0.25) is 5.91 Å². The molecule has 0 radical (unpaired) electrons. The number of nitrogens with zero attached hydrogens (tertiary/aromatic N) is 1. The molecule has 0 aliphatic rings. The van der Waals surface area contributed by atoms with Crippen LogP contribution in [0.5, 0.6) is 0 Å². The zero-order chi connectivity index (χ0) is 12.5. The minimum absolute atomic E-state index is 0.184. The third-order valence-electron chi connectivity index (χ3n) is 2.86. The molecule has 1 aromatic rings. The molecule has 2 N–H and O–H groups in total. The lowest BCUT2D eigenvalue weighted by Gasteiger charge is -2.17. The lowest BCUT2D eigenvalue weighted by atomic mass is 10.1. The van der Waals surface area contributed by atoms with Crippen LogP contribution in [0.25, 0.3) is 0 Å². The Bertz CT molecular complexity index is 324. The van der Waals surface area contributed by atoms with Crippen molar-refractivity contribution in [2.24, 2.45) is 5.73 Å². The highest BCUT2D eigenvalue weighted by Crippen LogP contribution is 2.13. The quantitative estimate of drug-likeness (QED) is 0.737. The highest BCUT2D eigenvalue weighted by Gasteiger charge is 2.09. The van der Waals surface area contributed by atoms with Gasteiger partial charge in [-0.1, -0.05) is 31.0 Å². The molecule has 1 rings (SSSR count). The van der Waals surface area contributed by atoms with Gasteiger partial charge in [-0.05, 0) is 31.5 Å². The van der Waals surface area contributed by atoms with Crippen LogP contribution in [0.2, 0.25) is 0 Å². The largest absolute Gasteiger partial charge is 0.330 e. The van der Waals surface area contributed by atoms with E-state index in [1.165, 1.54) is 0 Å². The molecule has 0 atom stereocenters. The third kappa shape index (κ3) is 5.00. The predicted octanol–water partition coefficient (Wildman–Crippen LogP) is 2.56. The molecule has 0 aliphatic heterocycles. The van der Waals surface area contributed by atoms with E-state index in [2.05, 4.69) is 0 Å². The van der Waals surface area contributed by atoms with Crippen LogP contribution in [0.15, 0.2) is 30.3 Å². The van der Waals surface area contributed by atoms with Gasteiger partial charge in [-0.3, -0.25) is 4.79 Å². The fourth-order valence-electron chi connectivity index (χ4n) is 1.74. The van der Waals surface area contributed by atoms with Crippen molar-refractivity contribution in [3.63, 3.8) is 0 Å². The summed E-state index contributed by atoms with van der Waals surface area (Å²) in [6.07, 6.45) is 4.85. The highest BCUT2D eigenvalue weighted by molar-refractivity contribution is 5.92. The molecule has 3 heteroatoms. The van der Waals surface area contributed by atoms with E-state index in [0.717, 1.165) is 37.9 Å². The maximum absolute atomic E-state index is 11.9. The smallest absolute Gasteiger partial charge is 0.226 e. The van der Waals surface area contributed by atoms with Gasteiger partial charge in [-0.15, -0.1) is 0 Å². The van der Waals surface area contributed by atoms with E-state index in [-0.39, 0.29) is 5.91 Å². The second kappa shape index (κ2) is 7.85. The second-order valence-corrected chi connectivity index (χ2v) is 4.24.